The predicted molar refractivity (Wildman–Crippen MR) is 134 cm³/mol. The monoisotopic (exact) mass is 504 g/mol. The molecule has 1 aliphatic carbocycles. The van der Waals surface area contributed by atoms with E-state index in [2.05, 4.69) is 38.7 Å². The lowest BCUT2D eigenvalue weighted by Gasteiger charge is -2.30. The maximum absolute atomic E-state index is 13.7. The molecule has 1 heterocycles. The van der Waals surface area contributed by atoms with Crippen LogP contribution in [0.5, 0.6) is 11.5 Å². The molecule has 2 atom stereocenters. The molecule has 1 aliphatic heterocycles. The molecular weight excluding hydrogens is 480 g/mol. The average Bonchev–Trinajstić information content (AvgIpc) is 3.01. The van der Waals surface area contributed by atoms with Crippen LogP contribution in [0.4, 0.5) is 11.4 Å². The lowest BCUT2D eigenvalue weighted by Crippen LogP contribution is -2.27. The number of hydrogen-bond acceptors (Lipinski definition) is 5. The number of carbonyl (C=O) groups excluding carboxylic acids is 1. The molecule has 3 aromatic rings. The largest absolute Gasteiger partial charge is 0.497 e. The number of nitrogens with one attached hydrogen (secondary N) is 2. The summed E-state index contributed by atoms with van der Waals surface area (Å²) in [5.74, 6) is 1.79. The summed E-state index contributed by atoms with van der Waals surface area (Å²) in [6, 6.07) is 21.7. The van der Waals surface area contributed by atoms with Gasteiger partial charge in [-0.15, -0.1) is 0 Å². The van der Waals surface area contributed by atoms with Crippen LogP contribution in [0.15, 0.2) is 82.5 Å². The van der Waals surface area contributed by atoms with Gasteiger partial charge >= 0.3 is 0 Å². The van der Waals surface area contributed by atoms with Gasteiger partial charge in [0, 0.05) is 27.7 Å². The van der Waals surface area contributed by atoms with Gasteiger partial charge in [-0.3, -0.25) is 4.79 Å². The normalized spacial score (nSPS) is 19.5. The van der Waals surface area contributed by atoms with E-state index >= 15 is 0 Å². The lowest BCUT2D eigenvalue weighted by molar-refractivity contribution is -0.116. The van der Waals surface area contributed by atoms with Crippen LogP contribution in [0, 0.1) is 0 Å². The van der Waals surface area contributed by atoms with Crippen molar-refractivity contribution in [3.63, 3.8) is 0 Å². The molecule has 0 amide bonds. The lowest BCUT2D eigenvalue weighted by atomic mass is 9.78. The van der Waals surface area contributed by atoms with Crippen molar-refractivity contribution in [3.8, 4) is 11.5 Å². The van der Waals surface area contributed by atoms with E-state index in [1.165, 1.54) is 0 Å². The van der Waals surface area contributed by atoms with Crippen molar-refractivity contribution in [1.29, 1.82) is 0 Å². The Morgan fingerprint density at radius 1 is 0.909 bits per heavy atom. The highest BCUT2D eigenvalue weighted by atomic mass is 79.9. The van der Waals surface area contributed by atoms with Crippen molar-refractivity contribution in [2.75, 3.05) is 24.9 Å². The van der Waals surface area contributed by atoms with E-state index < -0.39 is 0 Å². The second kappa shape index (κ2) is 8.94. The minimum Gasteiger partial charge on any atom is -0.497 e. The third kappa shape index (κ3) is 4.11. The molecule has 6 heteroatoms. The van der Waals surface area contributed by atoms with Crippen LogP contribution >= 0.6 is 15.9 Å². The zero-order valence-corrected chi connectivity index (χ0v) is 20.1. The molecule has 5 nitrogen and oxygen atoms in total. The number of halogens is 1. The molecular formula is C27H25BrN2O3. The highest BCUT2D eigenvalue weighted by Gasteiger charge is 2.37. The fraction of sp³-hybridized carbons (Fsp3) is 0.222. The van der Waals surface area contributed by atoms with Crippen molar-refractivity contribution in [3.05, 3.63) is 93.6 Å². The molecule has 0 fully saturated rings. The second-order valence-electron chi connectivity index (χ2n) is 8.33. The maximum Gasteiger partial charge on any atom is 0.163 e. The standard InChI is InChI=1S/C27H25BrN2O3/c1-32-19-10-7-16(8-11-19)17-13-23-26(24(31)14-17)27(20-15-18(28)9-12-25(20)33-2)30-22-6-4-3-5-21(22)29-23/h3-12,15,17,27,29-30H,13-14H2,1-2H3. The van der Waals surface area contributed by atoms with Crippen LogP contribution in [0.25, 0.3) is 0 Å². The van der Waals surface area contributed by atoms with E-state index in [-0.39, 0.29) is 17.7 Å². The van der Waals surface area contributed by atoms with Gasteiger partial charge in [0.05, 0.1) is 31.6 Å². The Hall–Kier alpha value is -3.25. The first kappa shape index (κ1) is 21.6. The van der Waals surface area contributed by atoms with Crippen LogP contribution in [0.3, 0.4) is 0 Å². The number of hydrogen-bond donors (Lipinski definition) is 2. The van der Waals surface area contributed by atoms with Crippen LogP contribution in [-0.2, 0) is 4.79 Å². The number of benzene rings is 3. The molecule has 168 valence electrons. The Morgan fingerprint density at radius 3 is 2.39 bits per heavy atom. The Balaban J connectivity index is 1.61. The Labute approximate surface area is 201 Å². The fourth-order valence-corrected chi connectivity index (χ4v) is 5.15. The Bertz CT molecular complexity index is 1240. The van der Waals surface area contributed by atoms with E-state index in [0.717, 1.165) is 56.2 Å². The van der Waals surface area contributed by atoms with Gasteiger partial charge in [-0.25, -0.2) is 0 Å². The first-order chi connectivity index (χ1) is 16.1. The highest BCUT2D eigenvalue weighted by molar-refractivity contribution is 9.10. The molecule has 0 bridgehead atoms. The molecule has 2 unspecified atom stereocenters. The SMILES string of the molecule is COc1ccc(C2CC(=O)C3=C(C2)Nc2ccccc2NC3c2cc(Br)ccc2OC)cc1. The number of anilines is 2. The summed E-state index contributed by atoms with van der Waals surface area (Å²) in [5, 5.41) is 7.20. The van der Waals surface area contributed by atoms with Crippen LogP contribution in [-0.4, -0.2) is 20.0 Å². The molecule has 0 radical (unpaired) electrons. The van der Waals surface area contributed by atoms with Gasteiger partial charge < -0.3 is 20.1 Å². The molecule has 2 N–H and O–H groups in total. The smallest absolute Gasteiger partial charge is 0.163 e. The van der Waals surface area contributed by atoms with Gasteiger partial charge in [-0.1, -0.05) is 40.2 Å². The third-order valence-corrected chi connectivity index (χ3v) is 6.89. The van der Waals surface area contributed by atoms with Crippen molar-refractivity contribution in [2.24, 2.45) is 0 Å². The summed E-state index contributed by atoms with van der Waals surface area (Å²) in [6.07, 6.45) is 1.20. The number of fused-ring (bicyclic) bond motifs is 1. The molecule has 0 saturated heterocycles. The van der Waals surface area contributed by atoms with Crippen molar-refractivity contribution in [2.45, 2.75) is 24.8 Å². The topological polar surface area (TPSA) is 59.6 Å². The van der Waals surface area contributed by atoms with E-state index in [1.807, 2.05) is 54.6 Å². The maximum atomic E-state index is 13.7. The number of methoxy groups -OCH3 is 2. The summed E-state index contributed by atoms with van der Waals surface area (Å²) in [6.45, 7) is 0. The first-order valence-electron chi connectivity index (χ1n) is 10.9. The van der Waals surface area contributed by atoms with Gasteiger partial charge in [0.2, 0.25) is 0 Å². The third-order valence-electron chi connectivity index (χ3n) is 6.40. The fourth-order valence-electron chi connectivity index (χ4n) is 4.77. The Morgan fingerprint density at radius 2 is 1.67 bits per heavy atom. The molecule has 0 spiro atoms. The van der Waals surface area contributed by atoms with Crippen LogP contribution in [0.1, 0.15) is 35.9 Å². The minimum atomic E-state index is -0.326. The Kier molecular flexibility index (Phi) is 5.85. The number of Topliss-reactive ketones (excluding diaryl/α,β-unsaturated/α-hetero) is 1. The molecule has 2 aliphatic rings. The molecule has 33 heavy (non-hydrogen) atoms. The minimum absolute atomic E-state index is 0.102. The van der Waals surface area contributed by atoms with E-state index in [1.54, 1.807) is 14.2 Å². The van der Waals surface area contributed by atoms with Gasteiger partial charge in [0.1, 0.15) is 11.5 Å². The highest BCUT2D eigenvalue weighted by Crippen LogP contribution is 2.46. The zero-order chi connectivity index (χ0) is 22.9. The van der Waals surface area contributed by atoms with Crippen molar-refractivity contribution >= 4 is 33.1 Å². The predicted octanol–water partition coefficient (Wildman–Crippen LogP) is 6.45. The van der Waals surface area contributed by atoms with Crippen LogP contribution < -0.4 is 20.1 Å². The number of ether oxygens (including phenoxy) is 2. The summed E-state index contributed by atoms with van der Waals surface area (Å²) < 4.78 is 11.9. The molecule has 0 saturated carbocycles. The number of rotatable bonds is 4. The summed E-state index contributed by atoms with van der Waals surface area (Å²) >= 11 is 3.59. The molecule has 5 rings (SSSR count). The van der Waals surface area contributed by atoms with Gasteiger partial charge in [0.15, 0.2) is 5.78 Å². The number of allylic oxidation sites excluding steroid dienone is 1. The van der Waals surface area contributed by atoms with Gasteiger partial charge in [0.25, 0.3) is 0 Å². The molecule has 0 aromatic heterocycles. The molecule has 3 aromatic carbocycles. The number of ketones is 1. The van der Waals surface area contributed by atoms with Crippen molar-refractivity contribution < 1.29 is 14.3 Å². The zero-order valence-electron chi connectivity index (χ0n) is 18.5. The number of carbonyl (C=O) groups is 1. The van der Waals surface area contributed by atoms with E-state index in [4.69, 9.17) is 9.47 Å². The van der Waals surface area contributed by atoms with E-state index in [9.17, 15) is 4.79 Å². The quantitative estimate of drug-likeness (QED) is 0.427. The van der Waals surface area contributed by atoms with Gasteiger partial charge in [-0.2, -0.15) is 0 Å². The van der Waals surface area contributed by atoms with Crippen molar-refractivity contribution in [1.82, 2.24) is 0 Å². The van der Waals surface area contributed by atoms with Crippen LogP contribution in [0.2, 0.25) is 0 Å². The summed E-state index contributed by atoms with van der Waals surface area (Å²) in [4.78, 5) is 13.7. The van der Waals surface area contributed by atoms with Gasteiger partial charge in [-0.05, 0) is 60.4 Å². The summed E-state index contributed by atoms with van der Waals surface area (Å²) in [5.41, 5.74) is 5.70. The second-order valence-corrected chi connectivity index (χ2v) is 9.24. The summed E-state index contributed by atoms with van der Waals surface area (Å²) in [7, 11) is 3.32. The first-order valence-corrected chi connectivity index (χ1v) is 11.7. The van der Waals surface area contributed by atoms with E-state index in [0.29, 0.717) is 6.42 Å². The number of para-hydroxylation sites is 2. The average molecular weight is 505 g/mol.